The second kappa shape index (κ2) is 5.97. The summed E-state index contributed by atoms with van der Waals surface area (Å²) >= 11 is 0. The number of rotatable bonds is 3. The zero-order valence-corrected chi connectivity index (χ0v) is 13.8. The van der Waals surface area contributed by atoms with Gasteiger partial charge in [0, 0.05) is 0 Å². The van der Waals surface area contributed by atoms with Gasteiger partial charge in [-0.3, -0.25) is 0 Å². The largest absolute Gasteiger partial charge is 0.391 e. The molecule has 4 aromatic rings. The van der Waals surface area contributed by atoms with E-state index in [9.17, 15) is 5.11 Å². The fraction of sp³-hybridized carbons (Fsp3) is 0.200. The molecule has 3 N–H and O–H groups in total. The molecule has 118 valence electrons. The predicted molar refractivity (Wildman–Crippen MR) is 101 cm³/mol. The van der Waals surface area contributed by atoms with Crippen molar-refractivity contribution in [3.05, 3.63) is 60.2 Å². The van der Waals surface area contributed by atoms with Crippen LogP contribution in [-0.4, -0.2) is 11.2 Å². The maximum atomic E-state index is 10.2. The van der Waals surface area contributed by atoms with Crippen LogP contribution in [0, 0.1) is 0 Å². The summed E-state index contributed by atoms with van der Waals surface area (Å²) in [5, 5.41) is 17.6. The second-order valence-electron chi connectivity index (χ2n) is 6.01. The Hall–Kier alpha value is -1.87. The van der Waals surface area contributed by atoms with Crippen molar-refractivity contribution < 1.29 is 5.11 Å². The average molecular weight is 326 g/mol. The molecule has 2 atom stereocenters. The Labute approximate surface area is 141 Å². The third-order valence-electron chi connectivity index (χ3n) is 4.75. The third-order valence-corrected chi connectivity index (χ3v) is 4.75. The molecule has 4 rings (SSSR count). The van der Waals surface area contributed by atoms with E-state index in [1.807, 2.05) is 6.92 Å². The van der Waals surface area contributed by atoms with Crippen LogP contribution in [0.4, 0.5) is 0 Å². The molecule has 2 nitrogen and oxygen atoms in total. The molecule has 0 aliphatic rings. The molecule has 23 heavy (non-hydrogen) atoms. The fourth-order valence-corrected chi connectivity index (χ4v) is 3.51. The molecule has 0 amide bonds. The standard InChI is InChI=1S/C20H19NO.ClH/c1-2-17(22)20(21)16-11-9-14-7-6-12-4-3-5-13-8-10-15(16)19(14)18(12)13;/h3-11,17,20,22H,2,21H2,1H3;1H/t17-,20+;/m0./s1. The highest BCUT2D eigenvalue weighted by molar-refractivity contribution is 6.23. The lowest BCUT2D eigenvalue weighted by Gasteiger charge is -2.21. The molecule has 0 saturated carbocycles. The summed E-state index contributed by atoms with van der Waals surface area (Å²) in [6, 6.07) is 18.8. The summed E-state index contributed by atoms with van der Waals surface area (Å²) in [5.74, 6) is 0. The molecule has 0 fully saturated rings. The van der Waals surface area contributed by atoms with E-state index < -0.39 is 6.10 Å². The summed E-state index contributed by atoms with van der Waals surface area (Å²) in [6.07, 6.45) is 0.141. The quantitative estimate of drug-likeness (QED) is 0.533. The van der Waals surface area contributed by atoms with Gasteiger partial charge in [0.25, 0.3) is 0 Å². The molecule has 0 aliphatic carbocycles. The SMILES string of the molecule is CC[C@H](O)[C@H](N)c1ccc2ccc3cccc4ccc1c2c34.Cl. The van der Waals surface area contributed by atoms with Gasteiger partial charge < -0.3 is 10.8 Å². The van der Waals surface area contributed by atoms with Crippen molar-refractivity contribution >= 4 is 44.7 Å². The highest BCUT2D eigenvalue weighted by atomic mass is 35.5. The number of aliphatic hydroxyl groups excluding tert-OH is 1. The van der Waals surface area contributed by atoms with Gasteiger partial charge >= 0.3 is 0 Å². The maximum Gasteiger partial charge on any atom is 0.0730 e. The molecule has 0 radical (unpaired) electrons. The maximum absolute atomic E-state index is 10.2. The van der Waals surface area contributed by atoms with Crippen LogP contribution < -0.4 is 5.73 Å². The van der Waals surface area contributed by atoms with E-state index in [0.717, 1.165) is 10.9 Å². The van der Waals surface area contributed by atoms with Gasteiger partial charge in [-0.25, -0.2) is 0 Å². The van der Waals surface area contributed by atoms with Gasteiger partial charge in [-0.15, -0.1) is 12.4 Å². The van der Waals surface area contributed by atoms with E-state index in [1.54, 1.807) is 0 Å². The van der Waals surface area contributed by atoms with Gasteiger partial charge in [-0.2, -0.15) is 0 Å². The normalized spacial score (nSPS) is 14.2. The van der Waals surface area contributed by atoms with Crippen molar-refractivity contribution in [2.45, 2.75) is 25.5 Å². The minimum absolute atomic E-state index is 0. The van der Waals surface area contributed by atoms with Crippen molar-refractivity contribution in [3.63, 3.8) is 0 Å². The Morgan fingerprint density at radius 2 is 1.43 bits per heavy atom. The number of nitrogens with two attached hydrogens (primary N) is 1. The first-order valence-corrected chi connectivity index (χ1v) is 7.80. The molecular formula is C20H20ClNO. The van der Waals surface area contributed by atoms with Gasteiger partial charge in [-0.1, -0.05) is 61.5 Å². The Bertz CT molecular complexity index is 950. The van der Waals surface area contributed by atoms with Gasteiger partial charge in [0.1, 0.15) is 0 Å². The summed E-state index contributed by atoms with van der Waals surface area (Å²) in [5.41, 5.74) is 7.33. The first-order valence-electron chi connectivity index (χ1n) is 7.80. The third kappa shape index (κ3) is 2.34. The Kier molecular flexibility index (Phi) is 4.15. The van der Waals surface area contributed by atoms with E-state index >= 15 is 0 Å². The van der Waals surface area contributed by atoms with Crippen molar-refractivity contribution in [1.29, 1.82) is 0 Å². The van der Waals surface area contributed by atoms with Crippen LogP contribution in [-0.2, 0) is 0 Å². The van der Waals surface area contributed by atoms with E-state index in [0.29, 0.717) is 6.42 Å². The van der Waals surface area contributed by atoms with Crippen LogP contribution >= 0.6 is 12.4 Å². The molecule has 0 bridgehead atoms. The van der Waals surface area contributed by atoms with Gasteiger partial charge in [0.2, 0.25) is 0 Å². The van der Waals surface area contributed by atoms with Crippen molar-refractivity contribution in [1.82, 2.24) is 0 Å². The van der Waals surface area contributed by atoms with Crippen molar-refractivity contribution in [2.24, 2.45) is 5.73 Å². The molecule has 0 heterocycles. The summed E-state index contributed by atoms with van der Waals surface area (Å²) in [4.78, 5) is 0. The minimum Gasteiger partial charge on any atom is -0.391 e. The van der Waals surface area contributed by atoms with Gasteiger partial charge in [0.05, 0.1) is 12.1 Å². The lowest BCUT2D eigenvalue weighted by Crippen LogP contribution is -2.25. The Morgan fingerprint density at radius 3 is 2.09 bits per heavy atom. The number of hydrogen-bond acceptors (Lipinski definition) is 2. The van der Waals surface area contributed by atoms with Gasteiger partial charge in [-0.05, 0) is 44.3 Å². The Morgan fingerprint density at radius 1 is 0.870 bits per heavy atom. The van der Waals surface area contributed by atoms with Crippen molar-refractivity contribution in [3.8, 4) is 0 Å². The summed E-state index contributed by atoms with van der Waals surface area (Å²) < 4.78 is 0. The fourth-order valence-electron chi connectivity index (χ4n) is 3.51. The molecule has 3 heteroatoms. The smallest absolute Gasteiger partial charge is 0.0730 e. The van der Waals surface area contributed by atoms with Crippen LogP contribution in [0.1, 0.15) is 24.9 Å². The molecule has 0 spiro atoms. The lowest BCUT2D eigenvalue weighted by atomic mass is 9.88. The summed E-state index contributed by atoms with van der Waals surface area (Å²) in [6.45, 7) is 1.96. The van der Waals surface area contributed by atoms with Crippen LogP contribution in [0.5, 0.6) is 0 Å². The van der Waals surface area contributed by atoms with Crippen LogP contribution in [0.3, 0.4) is 0 Å². The van der Waals surface area contributed by atoms with E-state index in [-0.39, 0.29) is 18.4 Å². The molecular weight excluding hydrogens is 306 g/mol. The monoisotopic (exact) mass is 325 g/mol. The van der Waals surface area contributed by atoms with Gasteiger partial charge in [0.15, 0.2) is 0 Å². The molecule has 0 unspecified atom stereocenters. The van der Waals surface area contributed by atoms with Crippen LogP contribution in [0.25, 0.3) is 32.3 Å². The average Bonchev–Trinajstić information content (AvgIpc) is 2.58. The minimum atomic E-state index is -0.515. The van der Waals surface area contributed by atoms with Crippen LogP contribution in [0.15, 0.2) is 54.6 Å². The zero-order valence-electron chi connectivity index (χ0n) is 13.0. The Balaban J connectivity index is 0.00000156. The van der Waals surface area contributed by atoms with Crippen LogP contribution in [0.2, 0.25) is 0 Å². The first kappa shape index (κ1) is 16.0. The lowest BCUT2D eigenvalue weighted by molar-refractivity contribution is 0.141. The predicted octanol–water partition coefficient (Wildman–Crippen LogP) is 4.78. The van der Waals surface area contributed by atoms with E-state index in [4.69, 9.17) is 5.73 Å². The number of hydrogen-bond donors (Lipinski definition) is 2. The second-order valence-corrected chi connectivity index (χ2v) is 6.01. The molecule has 0 aromatic heterocycles. The number of halogens is 1. The van der Waals surface area contributed by atoms with E-state index in [1.165, 1.54) is 26.9 Å². The molecule has 0 saturated heterocycles. The highest BCUT2D eigenvalue weighted by Crippen LogP contribution is 2.37. The number of aliphatic hydroxyl groups is 1. The summed E-state index contributed by atoms with van der Waals surface area (Å²) in [7, 11) is 0. The number of benzene rings is 4. The molecule has 4 aromatic carbocycles. The van der Waals surface area contributed by atoms with E-state index in [2.05, 4.69) is 54.6 Å². The first-order chi connectivity index (χ1) is 10.7. The highest BCUT2D eigenvalue weighted by Gasteiger charge is 2.19. The molecule has 0 aliphatic heterocycles. The van der Waals surface area contributed by atoms with Crippen molar-refractivity contribution in [2.75, 3.05) is 0 Å². The topological polar surface area (TPSA) is 46.2 Å². The zero-order chi connectivity index (χ0) is 15.3.